The Balaban J connectivity index is 0.000000477. The van der Waals surface area contributed by atoms with Crippen LogP contribution in [0, 0.1) is 23.2 Å². The van der Waals surface area contributed by atoms with Gasteiger partial charge in [-0.05, 0) is 41.5 Å². The van der Waals surface area contributed by atoms with Crippen LogP contribution in [0.2, 0.25) is 0 Å². The number of fused-ring (bicyclic) bond motifs is 2. The maximum Gasteiger partial charge on any atom is 0.242 e. The van der Waals surface area contributed by atoms with E-state index in [2.05, 4.69) is 37.3 Å². The van der Waals surface area contributed by atoms with E-state index in [0.29, 0.717) is 27.8 Å². The molecule has 0 bridgehead atoms. The standard InChI is InChI=1S/C25H20N2O3S.C5H10/c1-16-8-3-5-10-18-11-6-4-9-17(2)25(16,18)23(28)27-24-26-20(14-31-24)19-12-7-13-21-22(19)30-15-29-21;1-4-3-5(4)2/h3-14,18H,1-2,15H2,(H,26,27,28);4-5H,3H2,1-2H3. The number of hydrogen-bond acceptors (Lipinski definition) is 5. The molecule has 0 radical (unpaired) electrons. The molecule has 2 unspecified atom stereocenters. The number of allylic oxidation sites excluding steroid dienone is 8. The topological polar surface area (TPSA) is 60.5 Å². The zero-order valence-electron chi connectivity index (χ0n) is 20.6. The van der Waals surface area contributed by atoms with Crippen molar-refractivity contribution < 1.29 is 14.3 Å². The Morgan fingerprint density at radius 3 is 2.36 bits per heavy atom. The predicted octanol–water partition coefficient (Wildman–Crippen LogP) is 7.11. The second kappa shape index (κ2) is 9.78. The second-order valence-corrected chi connectivity index (χ2v) is 10.5. The molecule has 2 heterocycles. The smallest absolute Gasteiger partial charge is 0.242 e. The number of carbonyl (C=O) groups excluding carboxylic acids is 1. The molecular weight excluding hydrogens is 468 g/mol. The number of amides is 1. The van der Waals surface area contributed by atoms with Gasteiger partial charge in [0, 0.05) is 16.9 Å². The van der Waals surface area contributed by atoms with Gasteiger partial charge in [0.2, 0.25) is 12.7 Å². The van der Waals surface area contributed by atoms with Crippen molar-refractivity contribution in [2.45, 2.75) is 20.3 Å². The van der Waals surface area contributed by atoms with Gasteiger partial charge in [0.25, 0.3) is 0 Å². The van der Waals surface area contributed by atoms with Crippen molar-refractivity contribution >= 4 is 22.4 Å². The highest BCUT2D eigenvalue weighted by molar-refractivity contribution is 7.14. The fourth-order valence-corrected chi connectivity index (χ4v) is 5.40. The lowest BCUT2D eigenvalue weighted by Crippen LogP contribution is -2.43. The molecule has 3 aliphatic carbocycles. The number of para-hydroxylation sites is 1. The third-order valence-corrected chi connectivity index (χ3v) is 7.99. The van der Waals surface area contributed by atoms with Gasteiger partial charge in [-0.15, -0.1) is 11.3 Å². The summed E-state index contributed by atoms with van der Waals surface area (Å²) in [7, 11) is 0. The SMILES string of the molecule is C=C1C=CC=CC2C=CC=CC(=C)C12C(=O)Nc1nc(-c2cccc3c2OCO3)cs1.CC1CC1C. The van der Waals surface area contributed by atoms with Crippen LogP contribution in [0.4, 0.5) is 5.13 Å². The zero-order chi connectivity index (χ0) is 25.3. The number of ether oxygens (including phenoxy) is 2. The van der Waals surface area contributed by atoms with Gasteiger partial charge in [0.15, 0.2) is 16.6 Å². The van der Waals surface area contributed by atoms with E-state index in [0.717, 1.165) is 23.1 Å². The third kappa shape index (κ3) is 4.37. The van der Waals surface area contributed by atoms with Crippen LogP contribution in [0.5, 0.6) is 11.5 Å². The van der Waals surface area contributed by atoms with Crippen molar-refractivity contribution in [3.8, 4) is 22.8 Å². The molecule has 2 atom stereocenters. The lowest BCUT2D eigenvalue weighted by molar-refractivity contribution is -0.122. The molecule has 1 aromatic heterocycles. The van der Waals surface area contributed by atoms with E-state index in [1.165, 1.54) is 17.8 Å². The van der Waals surface area contributed by atoms with E-state index in [1.54, 1.807) is 0 Å². The van der Waals surface area contributed by atoms with Crippen LogP contribution < -0.4 is 14.8 Å². The average Bonchev–Trinajstić information content (AvgIpc) is 3.22. The van der Waals surface area contributed by atoms with Crippen LogP contribution in [0.1, 0.15) is 20.3 Å². The molecule has 184 valence electrons. The first-order chi connectivity index (χ1) is 17.4. The minimum atomic E-state index is -1.02. The number of carbonyl (C=O) groups is 1. The average molecular weight is 499 g/mol. The van der Waals surface area contributed by atoms with Gasteiger partial charge >= 0.3 is 0 Å². The van der Waals surface area contributed by atoms with Crippen molar-refractivity contribution in [2.75, 3.05) is 12.1 Å². The molecule has 6 heteroatoms. The normalized spacial score (nSPS) is 27.0. The molecule has 1 fully saturated rings. The molecule has 36 heavy (non-hydrogen) atoms. The van der Waals surface area contributed by atoms with Crippen molar-refractivity contribution in [3.05, 3.63) is 96.5 Å². The zero-order valence-corrected chi connectivity index (χ0v) is 21.4. The van der Waals surface area contributed by atoms with E-state index in [4.69, 9.17) is 9.47 Å². The number of nitrogens with one attached hydrogen (secondary N) is 1. The lowest BCUT2D eigenvalue weighted by Gasteiger charge is -2.37. The number of aromatic nitrogens is 1. The third-order valence-electron chi connectivity index (χ3n) is 7.23. The highest BCUT2D eigenvalue weighted by Gasteiger charge is 2.48. The molecule has 0 saturated heterocycles. The van der Waals surface area contributed by atoms with Gasteiger partial charge in [0.05, 0.1) is 5.69 Å². The summed E-state index contributed by atoms with van der Waals surface area (Å²) in [5.41, 5.74) is 1.89. The van der Waals surface area contributed by atoms with Crippen molar-refractivity contribution in [1.29, 1.82) is 0 Å². The number of benzene rings is 1. The summed E-state index contributed by atoms with van der Waals surface area (Å²) < 4.78 is 11.1. The van der Waals surface area contributed by atoms with Crippen LogP contribution in [0.25, 0.3) is 11.3 Å². The maximum atomic E-state index is 13.7. The van der Waals surface area contributed by atoms with Crippen LogP contribution in [-0.4, -0.2) is 17.7 Å². The molecule has 1 aliphatic heterocycles. The minimum Gasteiger partial charge on any atom is -0.454 e. The van der Waals surface area contributed by atoms with Gasteiger partial charge in [-0.25, -0.2) is 4.98 Å². The van der Waals surface area contributed by atoms with Crippen molar-refractivity contribution in [3.63, 3.8) is 0 Å². The Hall–Kier alpha value is -3.64. The van der Waals surface area contributed by atoms with Crippen LogP contribution >= 0.6 is 11.3 Å². The Morgan fingerprint density at radius 2 is 1.72 bits per heavy atom. The fourth-order valence-electron chi connectivity index (χ4n) is 4.69. The number of rotatable bonds is 3. The lowest BCUT2D eigenvalue weighted by atomic mass is 9.65. The van der Waals surface area contributed by atoms with E-state index in [9.17, 15) is 4.79 Å². The van der Waals surface area contributed by atoms with Crippen LogP contribution in [-0.2, 0) is 4.79 Å². The van der Waals surface area contributed by atoms with Gasteiger partial charge in [0.1, 0.15) is 5.41 Å². The summed E-state index contributed by atoms with van der Waals surface area (Å²) in [5, 5.41) is 5.41. The number of hydrogen-bond donors (Lipinski definition) is 1. The Morgan fingerprint density at radius 1 is 1.06 bits per heavy atom. The largest absolute Gasteiger partial charge is 0.454 e. The number of thiazole rings is 1. The quantitative estimate of drug-likeness (QED) is 0.490. The van der Waals surface area contributed by atoms with Crippen molar-refractivity contribution in [2.24, 2.45) is 23.2 Å². The number of anilines is 1. The van der Waals surface area contributed by atoms with E-state index >= 15 is 0 Å². The molecule has 2 aromatic rings. The molecule has 5 nitrogen and oxygen atoms in total. The molecule has 1 amide bonds. The Kier molecular flexibility index (Phi) is 6.54. The molecule has 1 saturated carbocycles. The summed E-state index contributed by atoms with van der Waals surface area (Å²) in [6.07, 6.45) is 16.9. The Labute approximate surface area is 216 Å². The van der Waals surface area contributed by atoms with Crippen LogP contribution in [0.3, 0.4) is 0 Å². The van der Waals surface area contributed by atoms with Gasteiger partial charge in [-0.2, -0.15) is 0 Å². The summed E-state index contributed by atoms with van der Waals surface area (Å²) in [6, 6.07) is 5.68. The van der Waals surface area contributed by atoms with Gasteiger partial charge in [-0.3, -0.25) is 4.79 Å². The molecular formula is C30H30N2O3S. The summed E-state index contributed by atoms with van der Waals surface area (Å²) >= 11 is 1.36. The molecule has 4 aliphatic rings. The minimum absolute atomic E-state index is 0.191. The van der Waals surface area contributed by atoms with Gasteiger partial charge in [-0.1, -0.05) is 81.7 Å². The first kappa shape index (κ1) is 24.1. The first-order valence-electron chi connectivity index (χ1n) is 12.2. The van der Waals surface area contributed by atoms with Crippen molar-refractivity contribution in [1.82, 2.24) is 4.98 Å². The predicted molar refractivity (Wildman–Crippen MR) is 146 cm³/mol. The fraction of sp³-hybridized carbons (Fsp3) is 0.267. The molecule has 1 N–H and O–H groups in total. The maximum absolute atomic E-state index is 13.7. The summed E-state index contributed by atoms with van der Waals surface area (Å²) in [6.45, 7) is 13.2. The van der Waals surface area contributed by atoms with E-state index in [-0.39, 0.29) is 18.6 Å². The molecule has 6 rings (SSSR count). The monoisotopic (exact) mass is 498 g/mol. The Bertz CT molecular complexity index is 1290. The first-order valence-corrected chi connectivity index (χ1v) is 13.0. The number of nitrogens with zero attached hydrogens (tertiary/aromatic N) is 1. The van der Waals surface area contributed by atoms with E-state index < -0.39 is 5.41 Å². The van der Waals surface area contributed by atoms with E-state index in [1.807, 2.05) is 72.2 Å². The summed E-state index contributed by atoms with van der Waals surface area (Å²) in [4.78, 5) is 18.4. The highest BCUT2D eigenvalue weighted by atomic mass is 32.1. The molecule has 1 aromatic carbocycles. The van der Waals surface area contributed by atoms with Crippen LogP contribution in [0.15, 0.2) is 96.5 Å². The second-order valence-electron chi connectivity index (χ2n) is 9.59. The van der Waals surface area contributed by atoms with Gasteiger partial charge < -0.3 is 14.8 Å². The highest BCUT2D eigenvalue weighted by Crippen LogP contribution is 2.48. The summed E-state index contributed by atoms with van der Waals surface area (Å²) in [5.74, 6) is 3.05. The molecule has 0 spiro atoms.